The van der Waals surface area contributed by atoms with Crippen molar-refractivity contribution in [2.75, 3.05) is 25.6 Å². The van der Waals surface area contributed by atoms with Crippen LogP contribution >= 0.6 is 0 Å². The highest BCUT2D eigenvalue weighted by Crippen LogP contribution is 2.32. The zero-order chi connectivity index (χ0) is 13.7. The summed E-state index contributed by atoms with van der Waals surface area (Å²) >= 11 is 0. The van der Waals surface area contributed by atoms with Crippen molar-refractivity contribution in [2.45, 2.75) is 38.8 Å². The fraction of sp³-hybridized carbons (Fsp3) is 0.600. The van der Waals surface area contributed by atoms with E-state index in [-0.39, 0.29) is 0 Å². The Kier molecular flexibility index (Phi) is 4.91. The summed E-state index contributed by atoms with van der Waals surface area (Å²) in [6.07, 6.45) is 2.57. The largest absolute Gasteiger partial charge is 0.493 e. The van der Waals surface area contributed by atoms with Gasteiger partial charge < -0.3 is 19.5 Å². The Balaban J connectivity index is 1.91. The minimum atomic E-state index is 0.423. The molecule has 1 aliphatic rings. The summed E-state index contributed by atoms with van der Waals surface area (Å²) in [6.45, 7) is 5.45. The molecular formula is C15H23NO3. The van der Waals surface area contributed by atoms with Crippen molar-refractivity contribution in [1.82, 2.24) is 0 Å². The van der Waals surface area contributed by atoms with Crippen LogP contribution in [-0.4, -0.2) is 32.5 Å². The fourth-order valence-corrected chi connectivity index (χ4v) is 2.32. The van der Waals surface area contributed by atoms with Crippen LogP contribution in [0.1, 0.15) is 26.7 Å². The summed E-state index contributed by atoms with van der Waals surface area (Å²) in [5.41, 5.74) is 1.07. The highest BCUT2D eigenvalue weighted by atomic mass is 16.5. The summed E-state index contributed by atoms with van der Waals surface area (Å²) in [6, 6.07) is 6.46. The van der Waals surface area contributed by atoms with Crippen LogP contribution in [0.5, 0.6) is 11.5 Å². The number of ether oxygens (including phenoxy) is 3. The maximum absolute atomic E-state index is 5.56. The van der Waals surface area contributed by atoms with Gasteiger partial charge in [-0.2, -0.15) is 0 Å². The fourth-order valence-electron chi connectivity index (χ4n) is 2.32. The van der Waals surface area contributed by atoms with E-state index in [0.717, 1.165) is 36.6 Å². The van der Waals surface area contributed by atoms with E-state index in [1.165, 1.54) is 0 Å². The van der Waals surface area contributed by atoms with Gasteiger partial charge in [-0.15, -0.1) is 0 Å². The third kappa shape index (κ3) is 3.53. The molecule has 2 rings (SSSR count). The monoisotopic (exact) mass is 265 g/mol. The molecule has 0 heterocycles. The van der Waals surface area contributed by atoms with E-state index >= 15 is 0 Å². The third-order valence-corrected chi connectivity index (χ3v) is 3.33. The van der Waals surface area contributed by atoms with Gasteiger partial charge in [-0.25, -0.2) is 0 Å². The number of nitrogens with one attached hydrogen (secondary N) is 1. The van der Waals surface area contributed by atoms with E-state index < -0.39 is 0 Å². The molecule has 106 valence electrons. The van der Waals surface area contributed by atoms with Crippen molar-refractivity contribution < 1.29 is 14.2 Å². The molecule has 0 bridgehead atoms. The van der Waals surface area contributed by atoms with Gasteiger partial charge in [0.15, 0.2) is 11.5 Å². The molecule has 1 aliphatic carbocycles. The SMILES string of the molecule is CCOc1ccc(NC2CC(OCC)C2)cc1OC. The number of rotatable bonds is 7. The van der Waals surface area contributed by atoms with Gasteiger partial charge in [0.25, 0.3) is 0 Å². The first kappa shape index (κ1) is 14.0. The van der Waals surface area contributed by atoms with Crippen molar-refractivity contribution in [1.29, 1.82) is 0 Å². The first-order valence-corrected chi connectivity index (χ1v) is 6.95. The van der Waals surface area contributed by atoms with E-state index in [0.29, 0.717) is 18.8 Å². The molecule has 0 spiro atoms. The average Bonchev–Trinajstić information content (AvgIpc) is 2.38. The Bertz CT molecular complexity index is 402. The van der Waals surface area contributed by atoms with Crippen molar-refractivity contribution in [2.24, 2.45) is 0 Å². The predicted octanol–water partition coefficient (Wildman–Crippen LogP) is 3.07. The number of hydrogen-bond acceptors (Lipinski definition) is 4. The van der Waals surface area contributed by atoms with Crippen molar-refractivity contribution in [3.05, 3.63) is 18.2 Å². The van der Waals surface area contributed by atoms with Gasteiger partial charge >= 0.3 is 0 Å². The van der Waals surface area contributed by atoms with Gasteiger partial charge in [0.1, 0.15) is 0 Å². The van der Waals surface area contributed by atoms with E-state index in [2.05, 4.69) is 5.32 Å². The molecule has 1 fully saturated rings. The average molecular weight is 265 g/mol. The summed E-state index contributed by atoms with van der Waals surface area (Å²) in [4.78, 5) is 0. The van der Waals surface area contributed by atoms with E-state index in [1.807, 2.05) is 32.0 Å². The third-order valence-electron chi connectivity index (χ3n) is 3.33. The second-order valence-electron chi connectivity index (χ2n) is 4.69. The molecule has 1 N–H and O–H groups in total. The van der Waals surface area contributed by atoms with Crippen LogP contribution in [0, 0.1) is 0 Å². The maximum atomic E-state index is 5.56. The summed E-state index contributed by atoms with van der Waals surface area (Å²) in [7, 11) is 1.66. The van der Waals surface area contributed by atoms with Crippen LogP contribution < -0.4 is 14.8 Å². The van der Waals surface area contributed by atoms with Crippen LogP contribution in [0.3, 0.4) is 0 Å². The molecule has 1 saturated carbocycles. The van der Waals surface area contributed by atoms with Crippen LogP contribution in [0.2, 0.25) is 0 Å². The lowest BCUT2D eigenvalue weighted by molar-refractivity contribution is 0.00299. The predicted molar refractivity (Wildman–Crippen MR) is 76.2 cm³/mol. The van der Waals surface area contributed by atoms with Gasteiger partial charge in [0.2, 0.25) is 0 Å². The molecule has 19 heavy (non-hydrogen) atoms. The topological polar surface area (TPSA) is 39.7 Å². The Morgan fingerprint density at radius 3 is 2.58 bits per heavy atom. The number of benzene rings is 1. The summed E-state index contributed by atoms with van der Waals surface area (Å²) in [5, 5.41) is 3.50. The first-order valence-electron chi connectivity index (χ1n) is 6.95. The molecule has 0 radical (unpaired) electrons. The lowest BCUT2D eigenvalue weighted by Crippen LogP contribution is -2.40. The zero-order valence-corrected chi connectivity index (χ0v) is 11.9. The highest BCUT2D eigenvalue weighted by Gasteiger charge is 2.29. The minimum Gasteiger partial charge on any atom is -0.493 e. The Morgan fingerprint density at radius 2 is 1.95 bits per heavy atom. The van der Waals surface area contributed by atoms with Crippen molar-refractivity contribution >= 4 is 5.69 Å². The molecule has 0 saturated heterocycles. The molecule has 1 aromatic carbocycles. The van der Waals surface area contributed by atoms with E-state index in [1.54, 1.807) is 7.11 Å². The Hall–Kier alpha value is -1.42. The van der Waals surface area contributed by atoms with Crippen molar-refractivity contribution in [3.63, 3.8) is 0 Å². The number of hydrogen-bond donors (Lipinski definition) is 1. The Labute approximate surface area is 115 Å². The van der Waals surface area contributed by atoms with Crippen LogP contribution in [0.25, 0.3) is 0 Å². The minimum absolute atomic E-state index is 0.423. The molecule has 0 atom stereocenters. The molecule has 0 aliphatic heterocycles. The first-order chi connectivity index (χ1) is 9.26. The summed E-state index contributed by atoms with van der Waals surface area (Å²) in [5.74, 6) is 1.56. The van der Waals surface area contributed by atoms with Crippen LogP contribution in [0.15, 0.2) is 18.2 Å². The standard InChI is InChI=1S/C15H23NO3/c1-4-18-13-8-12(9-13)16-11-6-7-14(19-5-2)15(10-11)17-3/h6-7,10,12-13,16H,4-5,8-9H2,1-3H3. The number of methoxy groups -OCH3 is 1. The van der Waals surface area contributed by atoms with Gasteiger partial charge in [0.05, 0.1) is 19.8 Å². The van der Waals surface area contributed by atoms with Gasteiger partial charge in [-0.3, -0.25) is 0 Å². The Morgan fingerprint density at radius 1 is 1.16 bits per heavy atom. The van der Waals surface area contributed by atoms with Gasteiger partial charge in [-0.05, 0) is 38.8 Å². The van der Waals surface area contributed by atoms with E-state index in [9.17, 15) is 0 Å². The zero-order valence-electron chi connectivity index (χ0n) is 11.9. The second-order valence-corrected chi connectivity index (χ2v) is 4.69. The molecule has 4 heteroatoms. The molecular weight excluding hydrogens is 242 g/mol. The van der Waals surface area contributed by atoms with Crippen LogP contribution in [-0.2, 0) is 4.74 Å². The molecule has 4 nitrogen and oxygen atoms in total. The van der Waals surface area contributed by atoms with Gasteiger partial charge in [-0.1, -0.05) is 0 Å². The maximum Gasteiger partial charge on any atom is 0.162 e. The number of anilines is 1. The molecule has 0 unspecified atom stereocenters. The van der Waals surface area contributed by atoms with Crippen molar-refractivity contribution in [3.8, 4) is 11.5 Å². The normalized spacial score (nSPS) is 21.6. The van der Waals surface area contributed by atoms with Gasteiger partial charge in [0, 0.05) is 24.4 Å². The molecule has 0 amide bonds. The van der Waals surface area contributed by atoms with E-state index in [4.69, 9.17) is 14.2 Å². The smallest absolute Gasteiger partial charge is 0.162 e. The lowest BCUT2D eigenvalue weighted by Gasteiger charge is -2.36. The molecule has 1 aromatic rings. The molecule has 0 aromatic heterocycles. The quantitative estimate of drug-likeness (QED) is 0.822. The lowest BCUT2D eigenvalue weighted by atomic mass is 9.89. The van der Waals surface area contributed by atoms with Crippen LogP contribution in [0.4, 0.5) is 5.69 Å². The second kappa shape index (κ2) is 6.66. The highest BCUT2D eigenvalue weighted by molar-refractivity contribution is 5.55. The summed E-state index contributed by atoms with van der Waals surface area (Å²) < 4.78 is 16.4.